The number of hydrogen-bond donors (Lipinski definition) is 2. The number of hydrogen-bond acceptors (Lipinski definition) is 6. The van der Waals surface area contributed by atoms with Gasteiger partial charge in [0, 0.05) is 53.1 Å². The molecule has 2 N–H and O–H groups in total. The number of para-hydroxylation sites is 1. The van der Waals surface area contributed by atoms with Crippen molar-refractivity contribution in [1.82, 2.24) is 14.8 Å². The number of fused-ring (bicyclic) bond motifs is 5. The van der Waals surface area contributed by atoms with Crippen LogP contribution in [0.15, 0.2) is 53.4 Å². The van der Waals surface area contributed by atoms with Crippen LogP contribution in [-0.4, -0.2) is 70.5 Å². The molecule has 0 saturated carbocycles. The molecule has 0 bridgehead atoms. The summed E-state index contributed by atoms with van der Waals surface area (Å²) in [4.78, 5) is 23.1. The van der Waals surface area contributed by atoms with Crippen LogP contribution in [0.5, 0.6) is 0 Å². The third kappa shape index (κ3) is 3.99. The van der Waals surface area contributed by atoms with Gasteiger partial charge < -0.3 is 14.8 Å². The Bertz CT molecular complexity index is 1230. The number of piperidine rings is 1. The Kier molecular flexibility index (Phi) is 6.13. The molecule has 3 aromatic rings. The van der Waals surface area contributed by atoms with Crippen molar-refractivity contribution in [2.45, 2.75) is 60.9 Å². The molecule has 2 saturated heterocycles. The molecule has 1 aromatic heterocycles. The van der Waals surface area contributed by atoms with Gasteiger partial charge in [-0.25, -0.2) is 0 Å². The van der Waals surface area contributed by atoms with E-state index in [0.29, 0.717) is 12.5 Å². The molecule has 0 aliphatic carbocycles. The number of carbonyl (C=O) groups excluding carboxylic acids is 1. The minimum Gasteiger partial charge on any atom is -0.468 e. The van der Waals surface area contributed by atoms with Gasteiger partial charge in [-0.3, -0.25) is 14.6 Å². The Morgan fingerprint density at radius 3 is 2.60 bits per heavy atom. The second-order valence-electron chi connectivity index (χ2n) is 10.1. The number of esters is 1. The fourth-order valence-corrected chi connectivity index (χ4v) is 7.08. The molecule has 0 amide bonds. The van der Waals surface area contributed by atoms with Crippen LogP contribution >= 0.6 is 11.8 Å². The quantitative estimate of drug-likeness (QED) is 0.419. The minimum atomic E-state index is -0.327. The monoisotopic (exact) mass is 491 g/mol. The Hall–Kier alpha value is -2.32. The molecular weight excluding hydrogens is 458 g/mol. The second kappa shape index (κ2) is 9.28. The average Bonchev–Trinajstić information content (AvgIpc) is 3.51. The van der Waals surface area contributed by atoms with Crippen molar-refractivity contribution in [3.63, 3.8) is 0 Å². The van der Waals surface area contributed by atoms with Crippen LogP contribution in [0, 0.1) is 0 Å². The van der Waals surface area contributed by atoms with Gasteiger partial charge in [-0.2, -0.15) is 0 Å². The Morgan fingerprint density at radius 1 is 1.11 bits per heavy atom. The van der Waals surface area contributed by atoms with Gasteiger partial charge in [0.1, 0.15) is 6.04 Å². The molecule has 3 aliphatic rings. The van der Waals surface area contributed by atoms with Crippen LogP contribution in [-0.2, 0) is 16.0 Å². The predicted octanol–water partition coefficient (Wildman–Crippen LogP) is 4.30. The summed E-state index contributed by atoms with van der Waals surface area (Å²) in [6.45, 7) is 1.66. The zero-order valence-corrected chi connectivity index (χ0v) is 21.1. The number of methoxy groups -OCH3 is 1. The van der Waals surface area contributed by atoms with Crippen LogP contribution in [0.3, 0.4) is 0 Å². The van der Waals surface area contributed by atoms with Crippen molar-refractivity contribution in [3.05, 3.63) is 65.4 Å². The summed E-state index contributed by atoms with van der Waals surface area (Å²) >= 11 is 1.74. The number of benzene rings is 2. The SMILES string of the molecule is COC(=O)[C@@H]1Cc2c([nH]c3ccccc23)[C@H]2C[C@@H](N3CC[C@@H](O)C3)C[C@@H](c3ccc(SC)cc3)N21. The zero-order chi connectivity index (χ0) is 24.1. The maximum absolute atomic E-state index is 13.2. The van der Waals surface area contributed by atoms with E-state index < -0.39 is 0 Å². The Morgan fingerprint density at radius 2 is 1.89 bits per heavy atom. The van der Waals surface area contributed by atoms with Gasteiger partial charge in [-0.05, 0) is 54.8 Å². The molecule has 2 aromatic carbocycles. The first-order chi connectivity index (χ1) is 17.1. The van der Waals surface area contributed by atoms with Crippen molar-refractivity contribution in [3.8, 4) is 0 Å². The maximum Gasteiger partial charge on any atom is 0.323 e. The molecule has 35 heavy (non-hydrogen) atoms. The van der Waals surface area contributed by atoms with Crippen molar-refractivity contribution in [2.75, 3.05) is 26.5 Å². The lowest BCUT2D eigenvalue weighted by Crippen LogP contribution is -2.56. The second-order valence-corrected chi connectivity index (χ2v) is 11.0. The highest BCUT2D eigenvalue weighted by molar-refractivity contribution is 7.98. The molecule has 6 nitrogen and oxygen atoms in total. The number of β-amino-alcohol motifs (C(OH)–C–C–N with tert-alkyl or cyclic N) is 1. The summed E-state index contributed by atoms with van der Waals surface area (Å²) in [5, 5.41) is 11.5. The standard InChI is InChI=1S/C28H33N3O3S/c1-34-28(33)26-15-22-21-5-3-4-6-23(21)29-27(22)25-14-18(30-12-11-19(32)16-30)13-24(31(25)26)17-7-9-20(35-2)10-8-17/h3-10,18-19,24-26,29,32H,11-16H2,1-2H3/t18-,19+,24-,25+,26-/m0/s1. The van der Waals surface area contributed by atoms with E-state index >= 15 is 0 Å². The average molecular weight is 492 g/mol. The number of nitrogens with one attached hydrogen (secondary N) is 1. The zero-order valence-electron chi connectivity index (χ0n) is 20.3. The number of aromatic nitrogens is 1. The minimum absolute atomic E-state index is 0.0805. The lowest BCUT2D eigenvalue weighted by molar-refractivity contribution is -0.152. The van der Waals surface area contributed by atoms with Gasteiger partial charge in [0.05, 0.1) is 19.3 Å². The number of H-pyrrole nitrogens is 1. The van der Waals surface area contributed by atoms with Gasteiger partial charge in [0.25, 0.3) is 0 Å². The fourth-order valence-electron chi connectivity index (χ4n) is 6.67. The summed E-state index contributed by atoms with van der Waals surface area (Å²) in [7, 11) is 1.50. The Balaban J connectivity index is 1.48. The molecule has 0 unspecified atom stereocenters. The lowest BCUT2D eigenvalue weighted by atomic mass is 9.79. The van der Waals surface area contributed by atoms with E-state index in [0.717, 1.165) is 37.9 Å². The number of thioether (sulfide) groups is 1. The molecule has 7 heteroatoms. The molecule has 6 rings (SSSR count). The van der Waals surface area contributed by atoms with Gasteiger partial charge in [0.15, 0.2) is 0 Å². The first-order valence-corrected chi connectivity index (χ1v) is 13.8. The molecular formula is C28H33N3O3S. The largest absolute Gasteiger partial charge is 0.468 e. The van der Waals surface area contributed by atoms with Gasteiger partial charge >= 0.3 is 5.97 Å². The highest BCUT2D eigenvalue weighted by atomic mass is 32.2. The van der Waals surface area contributed by atoms with Crippen molar-refractivity contribution in [2.24, 2.45) is 0 Å². The molecule has 0 radical (unpaired) electrons. The number of aliphatic hydroxyl groups is 1. The fraction of sp³-hybridized carbons (Fsp3) is 0.464. The Labute approximate surface area is 210 Å². The van der Waals surface area contributed by atoms with E-state index in [1.54, 1.807) is 11.8 Å². The van der Waals surface area contributed by atoms with Crippen LogP contribution in [0.1, 0.15) is 48.2 Å². The number of ether oxygens (including phenoxy) is 1. The molecule has 0 spiro atoms. The molecule has 2 fully saturated rings. The van der Waals surface area contributed by atoms with Crippen molar-refractivity contribution >= 4 is 28.6 Å². The molecule has 5 atom stereocenters. The number of aliphatic hydroxyl groups excluding tert-OH is 1. The van der Waals surface area contributed by atoms with E-state index in [2.05, 4.69) is 69.6 Å². The van der Waals surface area contributed by atoms with Gasteiger partial charge in [0.2, 0.25) is 0 Å². The third-order valence-electron chi connectivity index (χ3n) is 8.33. The van der Waals surface area contributed by atoms with Crippen LogP contribution < -0.4 is 0 Å². The van der Waals surface area contributed by atoms with Gasteiger partial charge in [-0.15, -0.1) is 11.8 Å². The lowest BCUT2D eigenvalue weighted by Gasteiger charge is -2.52. The van der Waals surface area contributed by atoms with Crippen molar-refractivity contribution in [1.29, 1.82) is 0 Å². The summed E-state index contributed by atoms with van der Waals surface area (Å²) in [5.41, 5.74) is 4.85. The normalized spacial score (nSPS) is 29.2. The topological polar surface area (TPSA) is 68.8 Å². The summed E-state index contributed by atoms with van der Waals surface area (Å²) in [5.74, 6) is -0.160. The third-order valence-corrected chi connectivity index (χ3v) is 9.08. The van der Waals surface area contributed by atoms with Crippen molar-refractivity contribution < 1.29 is 14.6 Å². The molecule has 3 aliphatic heterocycles. The number of rotatable bonds is 4. The van der Waals surface area contributed by atoms with E-state index in [1.165, 1.54) is 34.2 Å². The summed E-state index contributed by atoms with van der Waals surface area (Å²) < 4.78 is 5.37. The highest BCUT2D eigenvalue weighted by Gasteiger charge is 2.49. The van der Waals surface area contributed by atoms with Crippen LogP contribution in [0.4, 0.5) is 0 Å². The first kappa shape index (κ1) is 23.1. The smallest absolute Gasteiger partial charge is 0.323 e. The molecule has 184 valence electrons. The number of likely N-dealkylation sites (tertiary alicyclic amines) is 1. The number of nitrogens with zero attached hydrogens (tertiary/aromatic N) is 2. The maximum atomic E-state index is 13.2. The first-order valence-electron chi connectivity index (χ1n) is 12.6. The number of carbonyl (C=O) groups is 1. The van der Waals surface area contributed by atoms with Gasteiger partial charge in [-0.1, -0.05) is 30.3 Å². The van der Waals surface area contributed by atoms with Crippen LogP contribution in [0.25, 0.3) is 10.9 Å². The van der Waals surface area contributed by atoms with E-state index in [9.17, 15) is 9.90 Å². The summed E-state index contributed by atoms with van der Waals surface area (Å²) in [6.07, 6.45) is 5.19. The van der Waals surface area contributed by atoms with E-state index in [4.69, 9.17) is 4.74 Å². The van der Waals surface area contributed by atoms with E-state index in [1.807, 2.05) is 0 Å². The predicted molar refractivity (Wildman–Crippen MR) is 139 cm³/mol. The van der Waals surface area contributed by atoms with E-state index in [-0.39, 0.29) is 30.2 Å². The molecule has 4 heterocycles. The number of aromatic amines is 1. The van der Waals surface area contributed by atoms with Crippen LogP contribution in [0.2, 0.25) is 0 Å². The highest BCUT2D eigenvalue weighted by Crippen LogP contribution is 2.50. The summed E-state index contributed by atoms with van der Waals surface area (Å²) in [6, 6.07) is 17.4.